The SMILES string of the molecule is CN(C)CCOc1ccc(NC2CCC(N)CC2)cc1. The van der Waals surface area contributed by atoms with Crippen molar-refractivity contribution in [3.8, 4) is 5.75 Å². The van der Waals surface area contributed by atoms with Gasteiger partial charge in [0.25, 0.3) is 0 Å². The Balaban J connectivity index is 1.76. The number of likely N-dealkylation sites (N-methyl/N-ethyl adjacent to an activating group) is 1. The summed E-state index contributed by atoms with van der Waals surface area (Å²) in [6.45, 7) is 1.66. The summed E-state index contributed by atoms with van der Waals surface area (Å²) in [5.41, 5.74) is 7.10. The van der Waals surface area contributed by atoms with E-state index < -0.39 is 0 Å². The molecule has 2 rings (SSSR count). The highest BCUT2D eigenvalue weighted by Gasteiger charge is 2.17. The van der Waals surface area contributed by atoms with Crippen LogP contribution in [-0.4, -0.2) is 44.2 Å². The van der Waals surface area contributed by atoms with Crippen molar-refractivity contribution in [3.05, 3.63) is 24.3 Å². The summed E-state index contributed by atoms with van der Waals surface area (Å²) in [5.74, 6) is 0.933. The molecule has 1 aliphatic rings. The highest BCUT2D eigenvalue weighted by molar-refractivity contribution is 5.47. The van der Waals surface area contributed by atoms with Crippen molar-refractivity contribution in [3.63, 3.8) is 0 Å². The standard InChI is InChI=1S/C16H27N3O/c1-19(2)11-12-20-16-9-7-15(8-10-16)18-14-5-3-13(17)4-6-14/h7-10,13-14,18H,3-6,11-12,17H2,1-2H3. The Morgan fingerprint density at radius 1 is 1.15 bits per heavy atom. The fourth-order valence-corrected chi connectivity index (χ4v) is 2.49. The average molecular weight is 277 g/mol. The van der Waals surface area contributed by atoms with E-state index in [-0.39, 0.29) is 0 Å². The van der Waals surface area contributed by atoms with Gasteiger partial charge in [-0.25, -0.2) is 0 Å². The van der Waals surface area contributed by atoms with Crippen molar-refractivity contribution >= 4 is 5.69 Å². The van der Waals surface area contributed by atoms with Crippen LogP contribution in [0.15, 0.2) is 24.3 Å². The molecular weight excluding hydrogens is 250 g/mol. The second kappa shape index (κ2) is 7.50. The molecule has 0 spiro atoms. The number of nitrogens with one attached hydrogen (secondary N) is 1. The van der Waals surface area contributed by atoms with Gasteiger partial charge in [-0.15, -0.1) is 0 Å². The minimum Gasteiger partial charge on any atom is -0.492 e. The summed E-state index contributed by atoms with van der Waals surface area (Å²) in [4.78, 5) is 2.11. The molecule has 4 heteroatoms. The molecule has 0 bridgehead atoms. The number of ether oxygens (including phenoxy) is 1. The monoisotopic (exact) mass is 277 g/mol. The zero-order valence-electron chi connectivity index (χ0n) is 12.6. The van der Waals surface area contributed by atoms with E-state index in [1.807, 2.05) is 26.2 Å². The number of rotatable bonds is 6. The number of hydrogen-bond donors (Lipinski definition) is 2. The first-order chi connectivity index (χ1) is 9.63. The maximum absolute atomic E-state index is 5.93. The van der Waals surface area contributed by atoms with Crippen molar-refractivity contribution in [2.45, 2.75) is 37.8 Å². The maximum Gasteiger partial charge on any atom is 0.119 e. The molecule has 1 fully saturated rings. The predicted molar refractivity (Wildman–Crippen MR) is 84.3 cm³/mol. The summed E-state index contributed by atoms with van der Waals surface area (Å²) in [5, 5.41) is 3.58. The lowest BCUT2D eigenvalue weighted by Crippen LogP contribution is -2.32. The van der Waals surface area contributed by atoms with Crippen LogP contribution in [0.25, 0.3) is 0 Å². The van der Waals surface area contributed by atoms with Crippen LogP contribution in [0.3, 0.4) is 0 Å². The van der Waals surface area contributed by atoms with Gasteiger partial charge in [0, 0.05) is 24.3 Å². The Morgan fingerprint density at radius 2 is 1.80 bits per heavy atom. The zero-order valence-corrected chi connectivity index (χ0v) is 12.6. The van der Waals surface area contributed by atoms with E-state index in [9.17, 15) is 0 Å². The second-order valence-electron chi connectivity index (χ2n) is 5.93. The lowest BCUT2D eigenvalue weighted by molar-refractivity contribution is 0.261. The fraction of sp³-hybridized carbons (Fsp3) is 0.625. The van der Waals surface area contributed by atoms with Gasteiger partial charge < -0.3 is 20.7 Å². The fourth-order valence-electron chi connectivity index (χ4n) is 2.49. The van der Waals surface area contributed by atoms with E-state index >= 15 is 0 Å². The molecule has 1 saturated carbocycles. The van der Waals surface area contributed by atoms with Crippen LogP contribution in [0.5, 0.6) is 5.75 Å². The molecule has 0 radical (unpaired) electrons. The molecule has 4 nitrogen and oxygen atoms in total. The van der Waals surface area contributed by atoms with Crippen LogP contribution in [0.4, 0.5) is 5.69 Å². The van der Waals surface area contributed by atoms with Crippen LogP contribution in [-0.2, 0) is 0 Å². The van der Waals surface area contributed by atoms with E-state index in [0.717, 1.165) is 31.7 Å². The van der Waals surface area contributed by atoms with Crippen molar-refractivity contribution in [2.24, 2.45) is 5.73 Å². The van der Waals surface area contributed by atoms with Gasteiger partial charge >= 0.3 is 0 Å². The van der Waals surface area contributed by atoms with Gasteiger partial charge in [-0.1, -0.05) is 0 Å². The molecule has 0 aliphatic heterocycles. The van der Waals surface area contributed by atoms with Crippen LogP contribution in [0.1, 0.15) is 25.7 Å². The van der Waals surface area contributed by atoms with E-state index in [1.54, 1.807) is 0 Å². The Kier molecular flexibility index (Phi) is 5.68. The highest BCUT2D eigenvalue weighted by atomic mass is 16.5. The third-order valence-corrected chi connectivity index (χ3v) is 3.80. The van der Waals surface area contributed by atoms with Crippen molar-refractivity contribution in [1.29, 1.82) is 0 Å². The quantitative estimate of drug-likeness (QED) is 0.838. The molecule has 1 aliphatic carbocycles. The summed E-state index contributed by atoms with van der Waals surface area (Å²) < 4.78 is 5.69. The van der Waals surface area contributed by atoms with E-state index in [0.29, 0.717) is 12.1 Å². The molecule has 0 unspecified atom stereocenters. The summed E-state index contributed by atoms with van der Waals surface area (Å²) in [6, 6.07) is 9.23. The minimum atomic E-state index is 0.403. The third kappa shape index (κ3) is 5.02. The predicted octanol–water partition coefficient (Wildman–Crippen LogP) is 2.31. The summed E-state index contributed by atoms with van der Waals surface area (Å²) >= 11 is 0. The molecule has 0 saturated heterocycles. The van der Waals surface area contributed by atoms with Gasteiger partial charge in [-0.3, -0.25) is 0 Å². The topological polar surface area (TPSA) is 50.5 Å². The van der Waals surface area contributed by atoms with Crippen LogP contribution >= 0.6 is 0 Å². The lowest BCUT2D eigenvalue weighted by Gasteiger charge is -2.27. The van der Waals surface area contributed by atoms with E-state index in [4.69, 9.17) is 10.5 Å². The summed E-state index contributed by atoms with van der Waals surface area (Å²) in [7, 11) is 4.10. The normalized spacial score (nSPS) is 22.8. The molecule has 20 heavy (non-hydrogen) atoms. The number of hydrogen-bond acceptors (Lipinski definition) is 4. The lowest BCUT2D eigenvalue weighted by atomic mass is 9.92. The molecule has 0 atom stereocenters. The number of nitrogens with zero attached hydrogens (tertiary/aromatic N) is 1. The van der Waals surface area contributed by atoms with Gasteiger partial charge in [-0.05, 0) is 64.0 Å². The summed E-state index contributed by atoms with van der Waals surface area (Å²) in [6.07, 6.45) is 4.59. The second-order valence-corrected chi connectivity index (χ2v) is 5.93. The molecule has 3 N–H and O–H groups in total. The Bertz CT molecular complexity index is 383. The molecule has 1 aromatic rings. The van der Waals surface area contributed by atoms with Gasteiger partial charge in [-0.2, -0.15) is 0 Å². The molecule has 0 heterocycles. The largest absolute Gasteiger partial charge is 0.492 e. The first-order valence-corrected chi connectivity index (χ1v) is 7.53. The Labute approximate surface area is 122 Å². The van der Waals surface area contributed by atoms with Crippen molar-refractivity contribution in [2.75, 3.05) is 32.6 Å². The molecule has 0 aromatic heterocycles. The van der Waals surface area contributed by atoms with Gasteiger partial charge in [0.2, 0.25) is 0 Å². The van der Waals surface area contributed by atoms with Crippen LogP contribution in [0, 0.1) is 0 Å². The van der Waals surface area contributed by atoms with Crippen LogP contribution < -0.4 is 15.8 Å². The zero-order chi connectivity index (χ0) is 14.4. The maximum atomic E-state index is 5.93. The number of anilines is 1. The first kappa shape index (κ1) is 15.1. The molecule has 112 valence electrons. The average Bonchev–Trinajstić information content (AvgIpc) is 2.43. The number of benzene rings is 1. The Hall–Kier alpha value is -1.26. The van der Waals surface area contributed by atoms with Gasteiger partial charge in [0.05, 0.1) is 0 Å². The number of nitrogens with two attached hydrogens (primary N) is 1. The van der Waals surface area contributed by atoms with Gasteiger partial charge in [0.1, 0.15) is 12.4 Å². The highest BCUT2D eigenvalue weighted by Crippen LogP contribution is 2.22. The first-order valence-electron chi connectivity index (χ1n) is 7.53. The molecule has 0 amide bonds. The smallest absolute Gasteiger partial charge is 0.119 e. The molecular formula is C16H27N3O. The Morgan fingerprint density at radius 3 is 2.40 bits per heavy atom. The van der Waals surface area contributed by atoms with Gasteiger partial charge in [0.15, 0.2) is 0 Å². The van der Waals surface area contributed by atoms with Crippen molar-refractivity contribution < 1.29 is 4.74 Å². The van der Waals surface area contributed by atoms with Crippen LogP contribution in [0.2, 0.25) is 0 Å². The van der Waals surface area contributed by atoms with E-state index in [1.165, 1.54) is 18.5 Å². The molecule has 1 aromatic carbocycles. The minimum absolute atomic E-state index is 0.403. The van der Waals surface area contributed by atoms with Crippen molar-refractivity contribution in [1.82, 2.24) is 4.90 Å². The third-order valence-electron chi connectivity index (χ3n) is 3.80. The van der Waals surface area contributed by atoms with E-state index in [2.05, 4.69) is 22.3 Å².